The Balaban J connectivity index is 2.00. The summed E-state index contributed by atoms with van der Waals surface area (Å²) in [7, 11) is 0. The van der Waals surface area contributed by atoms with Crippen LogP contribution in [0.4, 0.5) is 17.3 Å². The van der Waals surface area contributed by atoms with Gasteiger partial charge in [0.25, 0.3) is 0 Å². The molecule has 1 aromatic heterocycles. The van der Waals surface area contributed by atoms with Crippen LogP contribution in [0.1, 0.15) is 11.4 Å². The van der Waals surface area contributed by atoms with Crippen molar-refractivity contribution >= 4 is 34.7 Å². The third kappa shape index (κ3) is 3.75. The average Bonchev–Trinajstić information content (AvgIpc) is 2.56. The standard InChI is InChI=1S/C19H18N4S/c1-14-13-15(2)21-18(20-14)23(17-11-7-4-8-12-17)19(24)22-16-9-5-3-6-10-16/h3-13H,1-2H3,(H,22,24). The molecule has 0 fully saturated rings. The lowest BCUT2D eigenvalue weighted by Gasteiger charge is -2.24. The molecule has 0 bridgehead atoms. The molecule has 1 N–H and O–H groups in total. The molecule has 0 spiro atoms. The van der Waals surface area contributed by atoms with Gasteiger partial charge in [-0.25, -0.2) is 9.97 Å². The van der Waals surface area contributed by atoms with Gasteiger partial charge in [-0.1, -0.05) is 36.4 Å². The predicted molar refractivity (Wildman–Crippen MR) is 103 cm³/mol. The fraction of sp³-hybridized carbons (Fsp3) is 0.105. The number of thiocarbonyl (C=S) groups is 1. The normalized spacial score (nSPS) is 10.2. The summed E-state index contributed by atoms with van der Waals surface area (Å²) in [5.74, 6) is 0.562. The lowest BCUT2D eigenvalue weighted by atomic mass is 10.3. The Bertz CT molecular complexity index is 814. The summed E-state index contributed by atoms with van der Waals surface area (Å²) in [4.78, 5) is 11.0. The fourth-order valence-corrected chi connectivity index (χ4v) is 2.71. The fourth-order valence-electron chi connectivity index (χ4n) is 2.41. The summed E-state index contributed by atoms with van der Waals surface area (Å²) >= 11 is 5.64. The molecule has 0 aliphatic rings. The Morgan fingerprint density at radius 3 is 2.00 bits per heavy atom. The highest BCUT2D eigenvalue weighted by molar-refractivity contribution is 7.80. The van der Waals surface area contributed by atoms with Crippen molar-refractivity contribution in [2.75, 3.05) is 10.2 Å². The van der Waals surface area contributed by atoms with Crippen LogP contribution in [0.25, 0.3) is 0 Å². The minimum absolute atomic E-state index is 0.525. The Morgan fingerprint density at radius 2 is 1.42 bits per heavy atom. The third-order valence-electron chi connectivity index (χ3n) is 3.41. The SMILES string of the molecule is Cc1cc(C)nc(N(C(=S)Nc2ccccc2)c2ccccc2)n1. The van der Waals surface area contributed by atoms with E-state index in [2.05, 4.69) is 15.3 Å². The van der Waals surface area contributed by atoms with E-state index >= 15 is 0 Å². The van der Waals surface area contributed by atoms with Crippen LogP contribution >= 0.6 is 12.2 Å². The molecule has 24 heavy (non-hydrogen) atoms. The molecular formula is C19H18N4S. The van der Waals surface area contributed by atoms with E-state index in [4.69, 9.17) is 12.2 Å². The quantitative estimate of drug-likeness (QED) is 0.707. The molecule has 0 atom stereocenters. The molecule has 120 valence electrons. The molecule has 0 saturated carbocycles. The van der Waals surface area contributed by atoms with Gasteiger partial charge in [-0.15, -0.1) is 0 Å². The molecule has 4 nitrogen and oxygen atoms in total. The third-order valence-corrected chi connectivity index (χ3v) is 3.70. The van der Waals surface area contributed by atoms with Crippen LogP contribution in [-0.2, 0) is 0 Å². The van der Waals surface area contributed by atoms with Crippen molar-refractivity contribution in [2.24, 2.45) is 0 Å². The highest BCUT2D eigenvalue weighted by atomic mass is 32.1. The number of nitrogens with one attached hydrogen (secondary N) is 1. The molecule has 0 aliphatic heterocycles. The number of nitrogens with zero attached hydrogens (tertiary/aromatic N) is 3. The van der Waals surface area contributed by atoms with Crippen LogP contribution in [0, 0.1) is 13.8 Å². The second-order valence-corrected chi connectivity index (χ2v) is 5.80. The van der Waals surface area contributed by atoms with E-state index in [1.165, 1.54) is 0 Å². The van der Waals surface area contributed by atoms with Gasteiger partial charge in [-0.2, -0.15) is 0 Å². The summed E-state index contributed by atoms with van der Waals surface area (Å²) in [6, 6.07) is 21.7. The summed E-state index contributed by atoms with van der Waals surface area (Å²) < 4.78 is 0. The molecule has 0 amide bonds. The maximum Gasteiger partial charge on any atom is 0.236 e. The molecule has 0 aliphatic carbocycles. The van der Waals surface area contributed by atoms with Crippen molar-refractivity contribution in [3.63, 3.8) is 0 Å². The second kappa shape index (κ2) is 7.19. The van der Waals surface area contributed by atoms with Gasteiger partial charge in [-0.3, -0.25) is 4.90 Å². The van der Waals surface area contributed by atoms with E-state index in [1.54, 1.807) is 0 Å². The average molecular weight is 334 g/mol. The number of hydrogen-bond donors (Lipinski definition) is 1. The van der Waals surface area contributed by atoms with Crippen molar-refractivity contribution in [1.29, 1.82) is 0 Å². The van der Waals surface area contributed by atoms with Crippen molar-refractivity contribution in [3.8, 4) is 0 Å². The molecule has 5 heteroatoms. The maximum absolute atomic E-state index is 5.64. The second-order valence-electron chi connectivity index (χ2n) is 5.42. The van der Waals surface area contributed by atoms with Crippen LogP contribution in [0.5, 0.6) is 0 Å². The van der Waals surface area contributed by atoms with E-state index in [0.29, 0.717) is 11.1 Å². The van der Waals surface area contributed by atoms with Crippen LogP contribution in [0.2, 0.25) is 0 Å². The topological polar surface area (TPSA) is 41.1 Å². The zero-order chi connectivity index (χ0) is 16.9. The number of rotatable bonds is 3. The van der Waals surface area contributed by atoms with Gasteiger partial charge in [0.15, 0.2) is 5.11 Å². The van der Waals surface area contributed by atoms with Crippen LogP contribution in [0.15, 0.2) is 66.7 Å². The zero-order valence-electron chi connectivity index (χ0n) is 13.6. The first-order chi connectivity index (χ1) is 11.6. The predicted octanol–water partition coefficient (Wildman–Crippen LogP) is 4.63. The first-order valence-corrected chi connectivity index (χ1v) is 8.08. The minimum atomic E-state index is 0.525. The van der Waals surface area contributed by atoms with Gasteiger partial charge in [0.2, 0.25) is 5.95 Å². The van der Waals surface area contributed by atoms with Gasteiger partial charge < -0.3 is 5.32 Å². The highest BCUT2D eigenvalue weighted by Crippen LogP contribution is 2.24. The molecule has 1 heterocycles. The van der Waals surface area contributed by atoms with Crippen molar-refractivity contribution in [2.45, 2.75) is 13.8 Å². The monoisotopic (exact) mass is 334 g/mol. The number of benzene rings is 2. The van der Waals surface area contributed by atoms with E-state index in [1.807, 2.05) is 85.5 Å². The van der Waals surface area contributed by atoms with E-state index < -0.39 is 0 Å². The zero-order valence-corrected chi connectivity index (χ0v) is 14.4. The largest absolute Gasteiger partial charge is 0.332 e. The lowest BCUT2D eigenvalue weighted by Crippen LogP contribution is -2.32. The molecule has 0 unspecified atom stereocenters. The maximum atomic E-state index is 5.64. The van der Waals surface area contributed by atoms with Gasteiger partial charge in [0.1, 0.15) is 0 Å². The highest BCUT2D eigenvalue weighted by Gasteiger charge is 2.18. The van der Waals surface area contributed by atoms with Crippen LogP contribution in [0.3, 0.4) is 0 Å². The molecule has 0 radical (unpaired) electrons. The first-order valence-electron chi connectivity index (χ1n) is 7.67. The Kier molecular flexibility index (Phi) is 4.82. The summed E-state index contributed by atoms with van der Waals surface area (Å²) in [6.07, 6.45) is 0. The molecular weight excluding hydrogens is 316 g/mol. The smallest absolute Gasteiger partial charge is 0.236 e. The van der Waals surface area contributed by atoms with Crippen molar-refractivity contribution in [3.05, 3.63) is 78.1 Å². The summed E-state index contributed by atoms with van der Waals surface area (Å²) in [6.45, 7) is 3.91. The minimum Gasteiger partial charge on any atom is -0.332 e. The number of aryl methyl sites for hydroxylation is 2. The van der Waals surface area contributed by atoms with E-state index in [0.717, 1.165) is 22.8 Å². The molecule has 2 aromatic carbocycles. The Morgan fingerprint density at radius 1 is 0.875 bits per heavy atom. The summed E-state index contributed by atoms with van der Waals surface area (Å²) in [5, 5.41) is 3.78. The van der Waals surface area contributed by atoms with Gasteiger partial charge >= 0.3 is 0 Å². The lowest BCUT2D eigenvalue weighted by molar-refractivity contribution is 1.02. The number of aromatic nitrogens is 2. The van der Waals surface area contributed by atoms with Gasteiger partial charge in [0.05, 0.1) is 5.69 Å². The Hall–Kier alpha value is -2.79. The van der Waals surface area contributed by atoms with Crippen molar-refractivity contribution < 1.29 is 0 Å². The van der Waals surface area contributed by atoms with E-state index in [-0.39, 0.29) is 0 Å². The number of hydrogen-bond acceptors (Lipinski definition) is 3. The number of para-hydroxylation sites is 2. The molecule has 0 saturated heterocycles. The van der Waals surface area contributed by atoms with Crippen LogP contribution < -0.4 is 10.2 Å². The van der Waals surface area contributed by atoms with Crippen LogP contribution in [-0.4, -0.2) is 15.1 Å². The Labute approximate surface area is 147 Å². The number of anilines is 3. The first kappa shape index (κ1) is 16.1. The molecule has 3 rings (SSSR count). The van der Waals surface area contributed by atoms with Gasteiger partial charge in [-0.05, 0) is 56.4 Å². The summed E-state index contributed by atoms with van der Waals surface area (Å²) in [5.41, 5.74) is 3.64. The van der Waals surface area contributed by atoms with Crippen molar-refractivity contribution in [1.82, 2.24) is 9.97 Å². The molecule has 3 aromatic rings. The van der Waals surface area contributed by atoms with Gasteiger partial charge in [0, 0.05) is 17.1 Å². The van der Waals surface area contributed by atoms with E-state index in [9.17, 15) is 0 Å².